The summed E-state index contributed by atoms with van der Waals surface area (Å²) in [6, 6.07) is 6.68. The van der Waals surface area contributed by atoms with Gasteiger partial charge in [-0.05, 0) is 41.1 Å². The van der Waals surface area contributed by atoms with Gasteiger partial charge in [0, 0.05) is 17.3 Å². The molecule has 2 heterocycles. The lowest BCUT2D eigenvalue weighted by molar-refractivity contribution is 0.555. The van der Waals surface area contributed by atoms with E-state index in [1.54, 1.807) is 22.7 Å². The lowest BCUT2D eigenvalue weighted by Gasteiger charge is -2.15. The molecule has 0 radical (unpaired) electrons. The Morgan fingerprint density at radius 2 is 2.25 bits per heavy atom. The van der Waals surface area contributed by atoms with Crippen molar-refractivity contribution in [1.82, 2.24) is 5.32 Å². The predicted octanol–water partition coefficient (Wildman–Crippen LogP) is 4.36. The third-order valence-corrected chi connectivity index (χ3v) is 4.39. The van der Waals surface area contributed by atoms with Crippen LogP contribution in [0.2, 0.25) is 4.34 Å². The first-order chi connectivity index (χ1) is 7.79. The summed E-state index contributed by atoms with van der Waals surface area (Å²) in [5.74, 6) is 0. The highest BCUT2D eigenvalue weighted by Crippen LogP contribution is 2.27. The largest absolute Gasteiger partial charge is 0.310 e. The van der Waals surface area contributed by atoms with Gasteiger partial charge in [-0.2, -0.15) is 11.3 Å². The molecule has 1 atom stereocenters. The van der Waals surface area contributed by atoms with Gasteiger partial charge in [-0.3, -0.25) is 0 Å². The first kappa shape index (κ1) is 12.1. The maximum atomic E-state index is 5.95. The van der Waals surface area contributed by atoms with Gasteiger partial charge in [0.05, 0.1) is 4.34 Å². The molecule has 2 aromatic heterocycles. The van der Waals surface area contributed by atoms with Crippen molar-refractivity contribution < 1.29 is 0 Å². The van der Waals surface area contributed by atoms with Gasteiger partial charge in [0.2, 0.25) is 0 Å². The van der Waals surface area contributed by atoms with E-state index in [0.717, 1.165) is 17.3 Å². The standard InChI is InChI=1S/C12H14ClNS2/c1-2-14-11(9-5-6-15-8-9)7-10-3-4-12(13)16-10/h3-6,8,11,14H,2,7H2,1H3. The Bertz CT molecular complexity index is 422. The minimum Gasteiger partial charge on any atom is -0.310 e. The van der Waals surface area contributed by atoms with Crippen LogP contribution in [0.5, 0.6) is 0 Å². The Morgan fingerprint density at radius 1 is 1.38 bits per heavy atom. The monoisotopic (exact) mass is 271 g/mol. The van der Waals surface area contributed by atoms with Gasteiger partial charge in [-0.1, -0.05) is 18.5 Å². The molecule has 2 rings (SSSR count). The normalized spacial score (nSPS) is 12.9. The molecule has 2 aromatic rings. The maximum Gasteiger partial charge on any atom is 0.0931 e. The molecule has 4 heteroatoms. The van der Waals surface area contributed by atoms with Crippen LogP contribution in [0.3, 0.4) is 0 Å². The second-order valence-corrected chi connectivity index (χ2v) is 6.16. The van der Waals surface area contributed by atoms with Gasteiger partial charge in [0.25, 0.3) is 0 Å². The number of thiophene rings is 2. The van der Waals surface area contributed by atoms with Crippen LogP contribution in [0.4, 0.5) is 0 Å². The predicted molar refractivity (Wildman–Crippen MR) is 73.8 cm³/mol. The molecule has 0 saturated carbocycles. The van der Waals surface area contributed by atoms with Crippen LogP contribution < -0.4 is 5.32 Å². The van der Waals surface area contributed by atoms with Crippen molar-refractivity contribution in [3.8, 4) is 0 Å². The topological polar surface area (TPSA) is 12.0 Å². The maximum absolute atomic E-state index is 5.95. The Labute approximate surface area is 109 Å². The number of nitrogens with one attached hydrogen (secondary N) is 1. The van der Waals surface area contributed by atoms with E-state index in [-0.39, 0.29) is 0 Å². The summed E-state index contributed by atoms with van der Waals surface area (Å²) in [6.07, 6.45) is 1.02. The van der Waals surface area contributed by atoms with Gasteiger partial charge >= 0.3 is 0 Å². The molecule has 0 bridgehead atoms. The Kier molecular flexibility index (Phi) is 4.41. The van der Waals surface area contributed by atoms with Crippen LogP contribution in [0.25, 0.3) is 0 Å². The molecule has 16 heavy (non-hydrogen) atoms. The number of hydrogen-bond donors (Lipinski definition) is 1. The average Bonchev–Trinajstić information content (AvgIpc) is 2.88. The molecule has 1 nitrogen and oxygen atoms in total. The highest BCUT2D eigenvalue weighted by Gasteiger charge is 2.12. The zero-order valence-corrected chi connectivity index (χ0v) is 11.5. The van der Waals surface area contributed by atoms with Crippen molar-refractivity contribution in [2.75, 3.05) is 6.54 Å². The highest BCUT2D eigenvalue weighted by atomic mass is 35.5. The van der Waals surface area contributed by atoms with E-state index in [9.17, 15) is 0 Å². The lowest BCUT2D eigenvalue weighted by Crippen LogP contribution is -2.22. The molecule has 0 spiro atoms. The fourth-order valence-electron chi connectivity index (χ4n) is 1.69. The van der Waals surface area contributed by atoms with E-state index in [1.807, 2.05) is 6.07 Å². The van der Waals surface area contributed by atoms with Gasteiger partial charge in [0.1, 0.15) is 0 Å². The zero-order chi connectivity index (χ0) is 11.4. The van der Waals surface area contributed by atoms with Gasteiger partial charge in [-0.15, -0.1) is 11.3 Å². The fourth-order valence-corrected chi connectivity index (χ4v) is 3.54. The summed E-state index contributed by atoms with van der Waals surface area (Å²) in [6.45, 7) is 3.13. The van der Waals surface area contributed by atoms with E-state index in [1.165, 1.54) is 10.4 Å². The van der Waals surface area contributed by atoms with Crippen molar-refractivity contribution in [2.45, 2.75) is 19.4 Å². The Morgan fingerprint density at radius 3 is 2.81 bits per heavy atom. The molecule has 0 aliphatic carbocycles. The molecule has 0 fully saturated rings. The van der Waals surface area contributed by atoms with Crippen molar-refractivity contribution in [1.29, 1.82) is 0 Å². The van der Waals surface area contributed by atoms with E-state index >= 15 is 0 Å². The van der Waals surface area contributed by atoms with E-state index in [2.05, 4.69) is 35.1 Å². The SMILES string of the molecule is CCNC(Cc1ccc(Cl)s1)c1ccsc1. The van der Waals surface area contributed by atoms with Crippen LogP contribution in [0.1, 0.15) is 23.4 Å². The minimum atomic E-state index is 0.408. The molecular weight excluding hydrogens is 258 g/mol. The molecule has 1 N–H and O–H groups in total. The summed E-state index contributed by atoms with van der Waals surface area (Å²) < 4.78 is 0.871. The van der Waals surface area contributed by atoms with Gasteiger partial charge in [0.15, 0.2) is 0 Å². The third kappa shape index (κ3) is 3.08. The molecule has 1 unspecified atom stereocenters. The molecule has 86 valence electrons. The average molecular weight is 272 g/mol. The van der Waals surface area contributed by atoms with E-state index in [4.69, 9.17) is 11.6 Å². The summed E-state index contributed by atoms with van der Waals surface area (Å²) in [5, 5.41) is 7.85. The lowest BCUT2D eigenvalue weighted by atomic mass is 10.1. The van der Waals surface area contributed by atoms with E-state index < -0.39 is 0 Å². The van der Waals surface area contributed by atoms with Crippen LogP contribution >= 0.6 is 34.3 Å². The minimum absolute atomic E-state index is 0.408. The van der Waals surface area contributed by atoms with Crippen molar-refractivity contribution in [3.63, 3.8) is 0 Å². The summed E-state index contributed by atoms with van der Waals surface area (Å²) in [7, 11) is 0. The van der Waals surface area contributed by atoms with Crippen molar-refractivity contribution in [2.24, 2.45) is 0 Å². The van der Waals surface area contributed by atoms with Crippen molar-refractivity contribution in [3.05, 3.63) is 43.7 Å². The number of halogens is 1. The van der Waals surface area contributed by atoms with Crippen LogP contribution in [0.15, 0.2) is 29.0 Å². The number of likely N-dealkylation sites (N-methyl/N-ethyl adjacent to an activating group) is 1. The second-order valence-electron chi connectivity index (χ2n) is 3.58. The van der Waals surface area contributed by atoms with Crippen LogP contribution in [0, 0.1) is 0 Å². The Balaban J connectivity index is 2.09. The number of hydrogen-bond acceptors (Lipinski definition) is 3. The molecule has 0 aliphatic heterocycles. The summed E-state index contributed by atoms with van der Waals surface area (Å²) in [5.41, 5.74) is 1.37. The second kappa shape index (κ2) is 5.82. The van der Waals surface area contributed by atoms with Gasteiger partial charge < -0.3 is 5.32 Å². The molecule has 0 aliphatic rings. The van der Waals surface area contributed by atoms with Crippen molar-refractivity contribution >= 4 is 34.3 Å². The molecular formula is C12H14ClNS2. The molecule has 0 saturated heterocycles. The first-order valence-electron chi connectivity index (χ1n) is 5.29. The van der Waals surface area contributed by atoms with E-state index in [0.29, 0.717) is 6.04 Å². The first-order valence-corrected chi connectivity index (χ1v) is 7.43. The number of rotatable bonds is 5. The fraction of sp³-hybridized carbons (Fsp3) is 0.333. The highest BCUT2D eigenvalue weighted by molar-refractivity contribution is 7.16. The Hall–Kier alpha value is -0.350. The van der Waals surface area contributed by atoms with Gasteiger partial charge in [-0.25, -0.2) is 0 Å². The zero-order valence-electron chi connectivity index (χ0n) is 9.07. The molecule has 0 amide bonds. The third-order valence-electron chi connectivity index (χ3n) is 2.43. The summed E-state index contributed by atoms with van der Waals surface area (Å²) in [4.78, 5) is 1.34. The summed E-state index contributed by atoms with van der Waals surface area (Å²) >= 11 is 9.36. The quantitative estimate of drug-likeness (QED) is 0.852. The smallest absolute Gasteiger partial charge is 0.0931 e. The van der Waals surface area contributed by atoms with Crippen LogP contribution in [-0.2, 0) is 6.42 Å². The molecule has 0 aromatic carbocycles. The van der Waals surface area contributed by atoms with Crippen LogP contribution in [-0.4, -0.2) is 6.54 Å².